The van der Waals surface area contributed by atoms with E-state index in [9.17, 15) is 4.79 Å². The van der Waals surface area contributed by atoms with Crippen molar-refractivity contribution in [2.24, 2.45) is 11.8 Å². The van der Waals surface area contributed by atoms with E-state index in [0.29, 0.717) is 22.7 Å². The Hall–Kier alpha value is -1.22. The van der Waals surface area contributed by atoms with Crippen molar-refractivity contribution in [1.29, 1.82) is 0 Å². The highest BCUT2D eigenvalue weighted by molar-refractivity contribution is 6.30. The molecule has 0 radical (unpaired) electrons. The number of carbonyl (C=O) groups is 1. The lowest BCUT2D eigenvalue weighted by molar-refractivity contribution is -0.124. The summed E-state index contributed by atoms with van der Waals surface area (Å²) in [5, 5.41) is 3.77. The lowest BCUT2D eigenvalue weighted by Crippen LogP contribution is -2.40. The standard InChI is InChI=1S/C15H18ClNO2/c16-12-3-5-13(6-4-12)19-9-15(18)17-14-8-10-1-2-11(14)7-10/h3-6,10-11,14H,1-2,7-9H2,(H,17,18)/t10-,11+,14-/m1/s1. The number of ether oxygens (including phenoxy) is 1. The second kappa shape index (κ2) is 5.41. The Bertz CT molecular complexity index is 460. The van der Waals surface area contributed by atoms with Gasteiger partial charge in [-0.05, 0) is 55.4 Å². The minimum Gasteiger partial charge on any atom is -0.484 e. The molecule has 102 valence electrons. The maximum absolute atomic E-state index is 11.9. The Balaban J connectivity index is 1.45. The zero-order chi connectivity index (χ0) is 13.2. The molecule has 0 saturated heterocycles. The second-order valence-corrected chi connectivity index (χ2v) is 6.03. The van der Waals surface area contributed by atoms with Gasteiger partial charge in [0.1, 0.15) is 5.75 Å². The van der Waals surface area contributed by atoms with Crippen LogP contribution in [0, 0.1) is 11.8 Å². The maximum atomic E-state index is 11.9. The van der Waals surface area contributed by atoms with Crippen molar-refractivity contribution in [2.75, 3.05) is 6.61 Å². The van der Waals surface area contributed by atoms with E-state index in [-0.39, 0.29) is 12.5 Å². The van der Waals surface area contributed by atoms with Crippen LogP contribution in [0.1, 0.15) is 25.7 Å². The van der Waals surface area contributed by atoms with E-state index < -0.39 is 0 Å². The van der Waals surface area contributed by atoms with Crippen LogP contribution in [-0.2, 0) is 4.79 Å². The molecule has 2 saturated carbocycles. The molecule has 2 fully saturated rings. The highest BCUT2D eigenvalue weighted by Crippen LogP contribution is 2.44. The van der Waals surface area contributed by atoms with E-state index in [0.717, 1.165) is 12.3 Å². The van der Waals surface area contributed by atoms with Gasteiger partial charge in [0.2, 0.25) is 0 Å². The van der Waals surface area contributed by atoms with Crippen LogP contribution in [0.2, 0.25) is 5.02 Å². The van der Waals surface area contributed by atoms with E-state index in [1.165, 1.54) is 19.3 Å². The second-order valence-electron chi connectivity index (χ2n) is 5.59. The predicted molar refractivity (Wildman–Crippen MR) is 74.3 cm³/mol. The van der Waals surface area contributed by atoms with Crippen LogP contribution in [0.5, 0.6) is 5.75 Å². The molecule has 3 nitrogen and oxygen atoms in total. The first kappa shape index (κ1) is 12.8. The number of benzene rings is 1. The highest BCUT2D eigenvalue weighted by atomic mass is 35.5. The highest BCUT2D eigenvalue weighted by Gasteiger charge is 2.40. The van der Waals surface area contributed by atoms with Crippen molar-refractivity contribution < 1.29 is 9.53 Å². The number of nitrogens with one attached hydrogen (secondary N) is 1. The first-order chi connectivity index (χ1) is 9.20. The fraction of sp³-hybridized carbons (Fsp3) is 0.533. The maximum Gasteiger partial charge on any atom is 0.258 e. The molecule has 1 aromatic rings. The van der Waals surface area contributed by atoms with Gasteiger partial charge in [-0.3, -0.25) is 4.79 Å². The Kier molecular flexibility index (Phi) is 3.65. The molecule has 0 aromatic heterocycles. The van der Waals surface area contributed by atoms with Crippen LogP contribution in [0.4, 0.5) is 0 Å². The smallest absolute Gasteiger partial charge is 0.258 e. The molecule has 19 heavy (non-hydrogen) atoms. The number of carbonyl (C=O) groups excluding carboxylic acids is 1. The van der Waals surface area contributed by atoms with E-state index in [1.807, 2.05) is 0 Å². The van der Waals surface area contributed by atoms with Crippen LogP contribution >= 0.6 is 11.6 Å². The third-order valence-corrected chi connectivity index (χ3v) is 4.52. The molecule has 1 aromatic carbocycles. The molecule has 1 amide bonds. The number of hydrogen-bond acceptors (Lipinski definition) is 2. The van der Waals surface area contributed by atoms with Crippen LogP contribution in [0.25, 0.3) is 0 Å². The predicted octanol–water partition coefficient (Wildman–Crippen LogP) is 3.02. The summed E-state index contributed by atoms with van der Waals surface area (Å²) in [6.45, 7) is 0.0789. The van der Waals surface area contributed by atoms with Crippen LogP contribution in [-0.4, -0.2) is 18.6 Å². The van der Waals surface area contributed by atoms with Crippen molar-refractivity contribution in [2.45, 2.75) is 31.7 Å². The summed E-state index contributed by atoms with van der Waals surface area (Å²) >= 11 is 5.79. The number of rotatable bonds is 4. The molecule has 2 bridgehead atoms. The van der Waals surface area contributed by atoms with Gasteiger partial charge in [0, 0.05) is 11.1 Å². The summed E-state index contributed by atoms with van der Waals surface area (Å²) in [5.41, 5.74) is 0. The van der Waals surface area contributed by atoms with E-state index in [4.69, 9.17) is 16.3 Å². The fourth-order valence-corrected chi connectivity index (χ4v) is 3.48. The van der Waals surface area contributed by atoms with Crippen molar-refractivity contribution in [3.05, 3.63) is 29.3 Å². The molecule has 2 aliphatic carbocycles. The number of halogens is 1. The van der Waals surface area contributed by atoms with Gasteiger partial charge in [-0.15, -0.1) is 0 Å². The molecule has 2 aliphatic rings. The van der Waals surface area contributed by atoms with E-state index in [1.54, 1.807) is 24.3 Å². The largest absolute Gasteiger partial charge is 0.484 e. The van der Waals surface area contributed by atoms with E-state index >= 15 is 0 Å². The summed E-state index contributed by atoms with van der Waals surface area (Å²) in [6.07, 6.45) is 5.06. The average molecular weight is 280 g/mol. The van der Waals surface area contributed by atoms with Gasteiger partial charge < -0.3 is 10.1 Å². The first-order valence-electron chi connectivity index (χ1n) is 6.88. The van der Waals surface area contributed by atoms with Gasteiger partial charge >= 0.3 is 0 Å². The molecule has 4 heteroatoms. The monoisotopic (exact) mass is 279 g/mol. The third kappa shape index (κ3) is 3.03. The summed E-state index contributed by atoms with van der Waals surface area (Å²) in [6, 6.07) is 7.43. The third-order valence-electron chi connectivity index (χ3n) is 4.27. The molecular formula is C15H18ClNO2. The fourth-order valence-electron chi connectivity index (χ4n) is 3.35. The summed E-state index contributed by atoms with van der Waals surface area (Å²) in [4.78, 5) is 11.9. The molecule has 1 N–H and O–H groups in total. The molecule has 0 heterocycles. The van der Waals surface area contributed by atoms with Crippen LogP contribution < -0.4 is 10.1 Å². The lowest BCUT2D eigenvalue weighted by atomic mass is 9.95. The quantitative estimate of drug-likeness (QED) is 0.920. The Morgan fingerprint density at radius 3 is 2.68 bits per heavy atom. The minimum absolute atomic E-state index is 0.0208. The van der Waals surface area contributed by atoms with Crippen molar-refractivity contribution >= 4 is 17.5 Å². The molecule has 3 atom stereocenters. The number of hydrogen-bond donors (Lipinski definition) is 1. The Morgan fingerprint density at radius 2 is 2.05 bits per heavy atom. The number of fused-ring (bicyclic) bond motifs is 2. The van der Waals surface area contributed by atoms with Gasteiger partial charge in [-0.1, -0.05) is 18.0 Å². The number of amides is 1. The van der Waals surface area contributed by atoms with Gasteiger partial charge in [0.25, 0.3) is 5.91 Å². The van der Waals surface area contributed by atoms with Crippen molar-refractivity contribution in [3.63, 3.8) is 0 Å². The van der Waals surface area contributed by atoms with E-state index in [2.05, 4.69) is 5.32 Å². The average Bonchev–Trinajstić information content (AvgIpc) is 3.00. The Labute approximate surface area is 118 Å². The van der Waals surface area contributed by atoms with Crippen LogP contribution in [0.3, 0.4) is 0 Å². The van der Waals surface area contributed by atoms with Gasteiger partial charge in [0.15, 0.2) is 6.61 Å². The van der Waals surface area contributed by atoms with Crippen molar-refractivity contribution in [1.82, 2.24) is 5.32 Å². The topological polar surface area (TPSA) is 38.3 Å². The molecule has 3 rings (SSSR count). The normalized spacial score (nSPS) is 28.4. The molecule has 0 unspecified atom stereocenters. The molecule has 0 spiro atoms. The molecule has 0 aliphatic heterocycles. The summed E-state index contributed by atoms with van der Waals surface area (Å²) in [7, 11) is 0. The summed E-state index contributed by atoms with van der Waals surface area (Å²) < 4.78 is 5.44. The lowest BCUT2D eigenvalue weighted by Gasteiger charge is -2.22. The van der Waals surface area contributed by atoms with Gasteiger partial charge in [-0.25, -0.2) is 0 Å². The zero-order valence-corrected chi connectivity index (χ0v) is 11.5. The Morgan fingerprint density at radius 1 is 1.26 bits per heavy atom. The minimum atomic E-state index is -0.0208. The zero-order valence-electron chi connectivity index (χ0n) is 10.8. The summed E-state index contributed by atoms with van der Waals surface area (Å²) in [5.74, 6) is 2.19. The van der Waals surface area contributed by atoms with Crippen molar-refractivity contribution in [3.8, 4) is 5.75 Å². The van der Waals surface area contributed by atoms with Gasteiger partial charge in [-0.2, -0.15) is 0 Å². The first-order valence-corrected chi connectivity index (χ1v) is 7.26. The molecular weight excluding hydrogens is 262 g/mol. The van der Waals surface area contributed by atoms with Gasteiger partial charge in [0.05, 0.1) is 0 Å². The SMILES string of the molecule is O=C(COc1ccc(Cl)cc1)N[C@@H]1C[C@@H]2CC[C@H]1C2. The van der Waals surface area contributed by atoms with Crippen LogP contribution in [0.15, 0.2) is 24.3 Å².